The SMILES string of the molecule is CC(C)CN(CC(F)(F)F)C(=O)C(N)C(C)(C)C. The highest BCUT2D eigenvalue weighted by Crippen LogP contribution is 2.22. The number of rotatable bonds is 4. The van der Waals surface area contributed by atoms with Crippen LogP contribution >= 0.6 is 0 Å². The molecule has 0 radical (unpaired) electrons. The van der Waals surface area contributed by atoms with Crippen molar-refractivity contribution in [3.05, 3.63) is 0 Å². The number of amides is 1. The molecule has 0 fully saturated rings. The quantitative estimate of drug-likeness (QED) is 0.851. The summed E-state index contributed by atoms with van der Waals surface area (Å²) in [6, 6.07) is -0.932. The van der Waals surface area contributed by atoms with Gasteiger partial charge in [-0.05, 0) is 11.3 Å². The lowest BCUT2D eigenvalue weighted by Gasteiger charge is -2.33. The predicted molar refractivity (Wildman–Crippen MR) is 64.9 cm³/mol. The van der Waals surface area contributed by atoms with Gasteiger partial charge in [-0.25, -0.2) is 0 Å². The van der Waals surface area contributed by atoms with Crippen LogP contribution in [-0.2, 0) is 4.79 Å². The van der Waals surface area contributed by atoms with Gasteiger partial charge in [0.25, 0.3) is 0 Å². The molecule has 0 bridgehead atoms. The van der Waals surface area contributed by atoms with E-state index in [0.717, 1.165) is 4.90 Å². The Balaban J connectivity index is 4.91. The van der Waals surface area contributed by atoms with E-state index < -0.39 is 30.1 Å². The molecule has 0 rings (SSSR count). The maximum atomic E-state index is 12.4. The van der Waals surface area contributed by atoms with Crippen molar-refractivity contribution in [3.63, 3.8) is 0 Å². The molecule has 0 aromatic heterocycles. The third-order valence-corrected chi connectivity index (χ3v) is 2.47. The lowest BCUT2D eigenvalue weighted by Crippen LogP contribution is -2.53. The zero-order valence-electron chi connectivity index (χ0n) is 11.6. The number of carbonyl (C=O) groups is 1. The van der Waals surface area contributed by atoms with Gasteiger partial charge >= 0.3 is 6.18 Å². The van der Waals surface area contributed by atoms with Crippen molar-refractivity contribution in [2.75, 3.05) is 13.1 Å². The molecule has 0 heterocycles. The molecule has 6 heteroatoms. The number of halogens is 3. The molecule has 0 spiro atoms. The number of hydrogen-bond donors (Lipinski definition) is 1. The van der Waals surface area contributed by atoms with Gasteiger partial charge in [0.05, 0.1) is 6.04 Å². The summed E-state index contributed by atoms with van der Waals surface area (Å²) < 4.78 is 37.3. The molecule has 108 valence electrons. The third kappa shape index (κ3) is 6.23. The maximum Gasteiger partial charge on any atom is 0.406 e. The minimum Gasteiger partial charge on any atom is -0.332 e. The average Bonchev–Trinajstić information content (AvgIpc) is 2.09. The van der Waals surface area contributed by atoms with Crippen LogP contribution in [-0.4, -0.2) is 36.1 Å². The summed E-state index contributed by atoms with van der Waals surface area (Å²) in [6.45, 7) is 7.54. The summed E-state index contributed by atoms with van der Waals surface area (Å²) >= 11 is 0. The topological polar surface area (TPSA) is 46.3 Å². The van der Waals surface area contributed by atoms with Crippen molar-refractivity contribution < 1.29 is 18.0 Å². The molecule has 1 unspecified atom stereocenters. The molecule has 1 atom stereocenters. The second-order valence-electron chi connectivity index (χ2n) is 6.07. The summed E-state index contributed by atoms with van der Waals surface area (Å²) in [5.41, 5.74) is 5.17. The van der Waals surface area contributed by atoms with Crippen LogP contribution in [0.1, 0.15) is 34.6 Å². The first-order chi connectivity index (χ1) is 7.84. The van der Waals surface area contributed by atoms with E-state index in [0.29, 0.717) is 0 Å². The Morgan fingerprint density at radius 2 is 1.67 bits per heavy atom. The highest BCUT2D eigenvalue weighted by Gasteiger charge is 2.37. The van der Waals surface area contributed by atoms with Crippen molar-refractivity contribution >= 4 is 5.91 Å². The second-order valence-corrected chi connectivity index (χ2v) is 6.07. The van der Waals surface area contributed by atoms with Crippen LogP contribution in [0.25, 0.3) is 0 Å². The number of nitrogens with two attached hydrogens (primary N) is 1. The van der Waals surface area contributed by atoms with Crippen LogP contribution in [0, 0.1) is 11.3 Å². The van der Waals surface area contributed by atoms with E-state index in [2.05, 4.69) is 0 Å². The van der Waals surface area contributed by atoms with Crippen molar-refractivity contribution in [2.45, 2.75) is 46.8 Å². The predicted octanol–water partition coefficient (Wildman–Crippen LogP) is 2.41. The Kier molecular flexibility index (Phi) is 5.65. The molecule has 0 saturated heterocycles. The molecular weight excluding hydrogens is 245 g/mol. The Bertz CT molecular complexity index is 282. The van der Waals surface area contributed by atoms with E-state index in [1.807, 2.05) is 0 Å². The fourth-order valence-corrected chi connectivity index (χ4v) is 1.46. The first-order valence-corrected chi connectivity index (χ1v) is 5.95. The Hall–Kier alpha value is -0.780. The van der Waals surface area contributed by atoms with Gasteiger partial charge < -0.3 is 10.6 Å². The van der Waals surface area contributed by atoms with Crippen LogP contribution in [0.5, 0.6) is 0 Å². The highest BCUT2D eigenvalue weighted by molar-refractivity contribution is 5.82. The smallest absolute Gasteiger partial charge is 0.332 e. The normalized spacial score (nSPS) is 14.8. The number of nitrogens with zero attached hydrogens (tertiary/aromatic N) is 1. The summed E-state index contributed by atoms with van der Waals surface area (Å²) in [6.07, 6.45) is -4.40. The summed E-state index contributed by atoms with van der Waals surface area (Å²) in [5.74, 6) is -0.683. The van der Waals surface area contributed by atoms with Crippen LogP contribution in [0.15, 0.2) is 0 Å². The van der Waals surface area contributed by atoms with Gasteiger partial charge in [-0.1, -0.05) is 34.6 Å². The molecule has 3 nitrogen and oxygen atoms in total. The maximum absolute atomic E-state index is 12.4. The van der Waals surface area contributed by atoms with E-state index >= 15 is 0 Å². The number of alkyl halides is 3. The molecule has 0 saturated carbocycles. The van der Waals surface area contributed by atoms with Gasteiger partial charge in [0, 0.05) is 6.54 Å². The minimum absolute atomic E-state index is 0.0385. The summed E-state index contributed by atoms with van der Waals surface area (Å²) in [7, 11) is 0. The van der Waals surface area contributed by atoms with Gasteiger partial charge in [0.15, 0.2) is 0 Å². The standard InChI is InChI=1S/C12H23F3N2O/c1-8(2)6-17(7-12(13,14)15)10(18)9(16)11(3,4)5/h8-9H,6-7,16H2,1-5H3. The van der Waals surface area contributed by atoms with Gasteiger partial charge in [0.1, 0.15) is 6.54 Å². The molecule has 18 heavy (non-hydrogen) atoms. The fourth-order valence-electron chi connectivity index (χ4n) is 1.46. The first-order valence-electron chi connectivity index (χ1n) is 5.95. The lowest BCUT2D eigenvalue weighted by molar-refractivity contribution is -0.164. The monoisotopic (exact) mass is 268 g/mol. The van der Waals surface area contributed by atoms with Crippen molar-refractivity contribution in [2.24, 2.45) is 17.1 Å². The lowest BCUT2D eigenvalue weighted by atomic mass is 9.86. The average molecular weight is 268 g/mol. The van der Waals surface area contributed by atoms with Crippen LogP contribution in [0.3, 0.4) is 0 Å². The van der Waals surface area contributed by atoms with Crippen LogP contribution < -0.4 is 5.73 Å². The Labute approximate surface area is 107 Å². The van der Waals surface area contributed by atoms with Crippen molar-refractivity contribution in [1.82, 2.24) is 4.90 Å². The highest BCUT2D eigenvalue weighted by atomic mass is 19.4. The summed E-state index contributed by atoms with van der Waals surface area (Å²) in [5, 5.41) is 0. The van der Waals surface area contributed by atoms with Crippen molar-refractivity contribution in [3.8, 4) is 0 Å². The van der Waals surface area contributed by atoms with E-state index in [1.165, 1.54) is 0 Å². The van der Waals surface area contributed by atoms with Gasteiger partial charge in [0.2, 0.25) is 5.91 Å². The Morgan fingerprint density at radius 3 is 1.94 bits per heavy atom. The van der Waals surface area contributed by atoms with E-state index in [4.69, 9.17) is 5.73 Å². The van der Waals surface area contributed by atoms with E-state index in [1.54, 1.807) is 34.6 Å². The van der Waals surface area contributed by atoms with Gasteiger partial charge in [-0.2, -0.15) is 13.2 Å². The molecular formula is C12H23F3N2O. The second kappa shape index (κ2) is 5.91. The third-order valence-electron chi connectivity index (χ3n) is 2.47. The first kappa shape index (κ1) is 17.2. The fraction of sp³-hybridized carbons (Fsp3) is 0.917. The molecule has 0 aromatic carbocycles. The molecule has 0 aromatic rings. The van der Waals surface area contributed by atoms with Gasteiger partial charge in [-0.15, -0.1) is 0 Å². The van der Waals surface area contributed by atoms with E-state index in [-0.39, 0.29) is 12.5 Å². The number of carbonyl (C=O) groups excluding carboxylic acids is 1. The zero-order valence-corrected chi connectivity index (χ0v) is 11.6. The van der Waals surface area contributed by atoms with E-state index in [9.17, 15) is 18.0 Å². The zero-order chi connectivity index (χ0) is 14.7. The largest absolute Gasteiger partial charge is 0.406 e. The van der Waals surface area contributed by atoms with Gasteiger partial charge in [-0.3, -0.25) is 4.79 Å². The molecule has 0 aliphatic carbocycles. The minimum atomic E-state index is -4.40. The van der Waals surface area contributed by atoms with Crippen LogP contribution in [0.2, 0.25) is 0 Å². The molecule has 0 aliphatic rings. The van der Waals surface area contributed by atoms with Crippen LogP contribution in [0.4, 0.5) is 13.2 Å². The molecule has 0 aliphatic heterocycles. The molecule has 1 amide bonds. The Morgan fingerprint density at radius 1 is 1.22 bits per heavy atom. The number of hydrogen-bond acceptors (Lipinski definition) is 2. The summed E-state index contributed by atoms with van der Waals surface area (Å²) in [4.78, 5) is 12.8. The molecule has 2 N–H and O–H groups in total. The van der Waals surface area contributed by atoms with Crippen molar-refractivity contribution in [1.29, 1.82) is 0 Å².